The maximum absolute atomic E-state index is 11.4. The third-order valence-corrected chi connectivity index (χ3v) is 5.22. The molecule has 0 aliphatic heterocycles. The summed E-state index contributed by atoms with van der Waals surface area (Å²) >= 11 is 0. The number of rotatable bonds is 3. The monoisotopic (exact) mass is 608 g/mol. The molecule has 0 aromatic carbocycles. The van der Waals surface area contributed by atoms with Crippen molar-refractivity contribution in [3.63, 3.8) is 0 Å². The second-order valence-corrected chi connectivity index (χ2v) is 16.1. The predicted molar refractivity (Wildman–Crippen MR) is 156 cm³/mol. The minimum atomic E-state index is -0.457. The molecule has 0 aromatic heterocycles. The quantitative estimate of drug-likeness (QED) is 0.301. The van der Waals surface area contributed by atoms with Crippen LogP contribution in [0, 0.1) is 32.5 Å². The summed E-state index contributed by atoms with van der Waals surface area (Å²) < 4.78 is 0. The van der Waals surface area contributed by atoms with Gasteiger partial charge in [-0.1, -0.05) is 125 Å². The molecule has 0 amide bonds. The third kappa shape index (κ3) is 21.0. The van der Waals surface area contributed by atoms with E-state index in [-0.39, 0.29) is 51.4 Å². The summed E-state index contributed by atoms with van der Waals surface area (Å²) in [4.78, 5) is 34.3. The third-order valence-electron chi connectivity index (χ3n) is 5.22. The SMILES string of the molecule is CC(C)(C)C(=O)/C=C(\[O-])C(C)(C)C.CC(C)(C)C(=O)/C=C(\[O-])C(C)(C)C.CC(C)(C)C(=O)/C=C(\[O-])C(C)(C)C.[Co+3]. The fraction of sp³-hybridized carbons (Fsp3) is 0.727. The summed E-state index contributed by atoms with van der Waals surface area (Å²) in [6.07, 6.45) is 3.67. The second kappa shape index (κ2) is 16.0. The zero-order chi connectivity index (χ0) is 32.6. The molecule has 0 fully saturated rings. The first-order chi connectivity index (χ1) is 16.6. The van der Waals surface area contributed by atoms with Gasteiger partial charge in [-0.15, -0.1) is 17.3 Å². The number of carbonyl (C=O) groups excluding carboxylic acids is 3. The molecule has 234 valence electrons. The van der Waals surface area contributed by atoms with Crippen LogP contribution in [0.3, 0.4) is 0 Å². The molecule has 0 aliphatic carbocycles. The van der Waals surface area contributed by atoms with Gasteiger partial charge in [0.15, 0.2) is 17.3 Å². The average Bonchev–Trinajstić information content (AvgIpc) is 2.64. The molecule has 0 aromatic rings. The normalized spacial score (nSPS) is 14.1. The Hall–Kier alpha value is -1.86. The van der Waals surface area contributed by atoms with Crippen LogP contribution in [-0.4, -0.2) is 17.3 Å². The molecule has 0 N–H and O–H groups in total. The molecular weight excluding hydrogens is 551 g/mol. The summed E-state index contributed by atoms with van der Waals surface area (Å²) in [6.45, 7) is 32.5. The largest absolute Gasteiger partial charge is 3.00 e. The fourth-order valence-corrected chi connectivity index (χ4v) is 1.66. The molecule has 0 atom stereocenters. The van der Waals surface area contributed by atoms with Crippen molar-refractivity contribution in [3.05, 3.63) is 35.5 Å². The van der Waals surface area contributed by atoms with E-state index in [2.05, 4.69) is 0 Å². The van der Waals surface area contributed by atoms with Gasteiger partial charge in [-0.2, -0.15) is 0 Å². The Morgan fingerprint density at radius 1 is 0.350 bits per heavy atom. The summed E-state index contributed by atoms with van der Waals surface area (Å²) in [7, 11) is 0. The molecule has 0 bridgehead atoms. The van der Waals surface area contributed by atoms with Crippen molar-refractivity contribution in [2.75, 3.05) is 0 Å². The topological polar surface area (TPSA) is 120 Å². The molecule has 0 rings (SSSR count). The van der Waals surface area contributed by atoms with Crippen LogP contribution in [0.2, 0.25) is 0 Å². The van der Waals surface area contributed by atoms with E-state index < -0.39 is 32.5 Å². The van der Waals surface area contributed by atoms with Crippen LogP contribution in [0.15, 0.2) is 35.5 Å². The fourth-order valence-electron chi connectivity index (χ4n) is 1.66. The van der Waals surface area contributed by atoms with Crippen LogP contribution in [-0.2, 0) is 31.2 Å². The molecular formula is C33H57CoO6. The zero-order valence-corrected chi connectivity index (χ0v) is 29.6. The number of carbonyl (C=O) groups is 3. The van der Waals surface area contributed by atoms with Gasteiger partial charge in [-0.3, -0.25) is 14.4 Å². The molecule has 6 nitrogen and oxygen atoms in total. The van der Waals surface area contributed by atoms with Gasteiger partial charge in [0.05, 0.1) is 0 Å². The van der Waals surface area contributed by atoms with E-state index in [1.54, 1.807) is 0 Å². The van der Waals surface area contributed by atoms with Crippen LogP contribution in [0.4, 0.5) is 0 Å². The first-order valence-corrected chi connectivity index (χ1v) is 13.5. The van der Waals surface area contributed by atoms with E-state index in [0.717, 1.165) is 0 Å². The molecule has 7 heteroatoms. The van der Waals surface area contributed by atoms with Crippen molar-refractivity contribution in [2.45, 2.75) is 125 Å². The first-order valence-electron chi connectivity index (χ1n) is 13.5. The summed E-state index contributed by atoms with van der Waals surface area (Å²) in [5.74, 6) is -0.625. The molecule has 40 heavy (non-hydrogen) atoms. The van der Waals surface area contributed by atoms with Crippen LogP contribution in [0.1, 0.15) is 125 Å². The van der Waals surface area contributed by atoms with Crippen LogP contribution >= 0.6 is 0 Å². The van der Waals surface area contributed by atoms with Gasteiger partial charge in [-0.05, 0) is 34.5 Å². The Balaban J connectivity index is -0.000000240. The smallest absolute Gasteiger partial charge is 0.875 e. The van der Waals surface area contributed by atoms with Crippen molar-refractivity contribution in [1.29, 1.82) is 0 Å². The van der Waals surface area contributed by atoms with Gasteiger partial charge < -0.3 is 15.3 Å². The average molecular weight is 609 g/mol. The van der Waals surface area contributed by atoms with Crippen molar-refractivity contribution in [3.8, 4) is 0 Å². The Kier molecular flexibility index (Phi) is 18.0. The van der Waals surface area contributed by atoms with E-state index in [4.69, 9.17) is 0 Å². The maximum Gasteiger partial charge on any atom is 3.00 e. The van der Waals surface area contributed by atoms with Gasteiger partial charge in [0.2, 0.25) is 0 Å². The number of allylic oxidation sites excluding steroid dienone is 6. The van der Waals surface area contributed by atoms with Crippen LogP contribution in [0.5, 0.6) is 0 Å². The van der Waals surface area contributed by atoms with Crippen molar-refractivity contribution >= 4 is 17.3 Å². The minimum absolute atomic E-state index is 0. The second-order valence-electron chi connectivity index (χ2n) is 16.1. The van der Waals surface area contributed by atoms with Gasteiger partial charge in [0.25, 0.3) is 0 Å². The van der Waals surface area contributed by atoms with Crippen molar-refractivity contribution in [2.24, 2.45) is 32.5 Å². The van der Waals surface area contributed by atoms with E-state index in [1.165, 1.54) is 18.2 Å². The summed E-state index contributed by atoms with van der Waals surface area (Å²) in [5.41, 5.74) is -2.74. The number of hydrogen-bond donors (Lipinski definition) is 0. The van der Waals surface area contributed by atoms with E-state index in [9.17, 15) is 29.7 Å². The predicted octanol–water partition coefficient (Wildman–Crippen LogP) is 5.67. The molecule has 0 radical (unpaired) electrons. The standard InChI is InChI=1S/3C11H20O2.Co/c3*1-10(2,3)8(12)7-9(13)11(4,5)6;/h3*7,12H,1-6H3;/q;;;+3/p-3/b3*8-7-;. The zero-order valence-electron chi connectivity index (χ0n) is 28.5. The minimum Gasteiger partial charge on any atom is -0.875 e. The first kappa shape index (κ1) is 45.1. The molecule has 0 spiro atoms. The Labute approximate surface area is 256 Å². The number of hydrogen-bond acceptors (Lipinski definition) is 6. The summed E-state index contributed by atoms with van der Waals surface area (Å²) in [5, 5.41) is 34.3. The van der Waals surface area contributed by atoms with Crippen LogP contribution < -0.4 is 15.3 Å². The maximum atomic E-state index is 11.4. The van der Waals surface area contributed by atoms with Gasteiger partial charge in [0.1, 0.15) is 0 Å². The van der Waals surface area contributed by atoms with Gasteiger partial charge >= 0.3 is 16.8 Å². The Bertz CT molecular complexity index is 801. The molecule has 0 unspecified atom stereocenters. The van der Waals surface area contributed by atoms with Crippen molar-refractivity contribution < 1.29 is 46.5 Å². The Morgan fingerprint density at radius 2 is 0.475 bits per heavy atom. The Morgan fingerprint density at radius 3 is 0.550 bits per heavy atom. The van der Waals surface area contributed by atoms with Crippen molar-refractivity contribution in [1.82, 2.24) is 0 Å². The van der Waals surface area contributed by atoms with E-state index in [1.807, 2.05) is 125 Å². The molecule has 0 heterocycles. The van der Waals surface area contributed by atoms with E-state index in [0.29, 0.717) is 0 Å². The molecule has 0 saturated carbocycles. The van der Waals surface area contributed by atoms with Gasteiger partial charge in [-0.25, -0.2) is 0 Å². The number of ketones is 3. The van der Waals surface area contributed by atoms with Crippen LogP contribution in [0.25, 0.3) is 0 Å². The molecule has 0 aliphatic rings. The van der Waals surface area contributed by atoms with E-state index >= 15 is 0 Å². The summed E-state index contributed by atoms with van der Waals surface area (Å²) in [6, 6.07) is 0. The van der Waals surface area contributed by atoms with Gasteiger partial charge in [0, 0.05) is 16.2 Å². The molecule has 0 saturated heterocycles.